The van der Waals surface area contributed by atoms with E-state index in [9.17, 15) is 9.90 Å². The number of phenolic OH excluding ortho intramolecular Hbond substituents is 1. The van der Waals surface area contributed by atoms with E-state index in [1.54, 1.807) is 12.1 Å². The first kappa shape index (κ1) is 20.7. The smallest absolute Gasteiger partial charge is 0.328 e. The molecule has 0 unspecified atom stereocenters. The summed E-state index contributed by atoms with van der Waals surface area (Å²) in [6.07, 6.45) is 4.57. The number of benzene rings is 3. The summed E-state index contributed by atoms with van der Waals surface area (Å²) in [6.45, 7) is 4.41. The summed E-state index contributed by atoms with van der Waals surface area (Å²) in [4.78, 5) is 13.3. The number of carboxylic acid groups (broad SMARTS) is 1. The number of para-hydroxylation sites is 1. The largest absolute Gasteiger partial charge is 0.508 e. The van der Waals surface area contributed by atoms with Gasteiger partial charge in [0.1, 0.15) is 5.75 Å². The minimum atomic E-state index is -0.957. The van der Waals surface area contributed by atoms with Crippen LogP contribution < -0.4 is 4.90 Å². The maximum atomic E-state index is 10.8. The molecule has 1 aliphatic rings. The van der Waals surface area contributed by atoms with Gasteiger partial charge in [-0.15, -0.1) is 0 Å². The standard InChI is InChI=1S/C27H27NO3/c1-3-20-6-4-5-7-25(20)28-18(2)16-22-17-23(29)13-14-24(22)27(28)21-11-8-19(9-12-21)10-15-26(30)31/h4-15,17-18,27,29H,3,16H2,1-2H3,(H,30,31)/b15-10+/t18-,27+/m0/s1. The summed E-state index contributed by atoms with van der Waals surface area (Å²) in [5, 5.41) is 19.0. The van der Waals surface area contributed by atoms with Gasteiger partial charge >= 0.3 is 5.97 Å². The van der Waals surface area contributed by atoms with E-state index in [1.807, 2.05) is 24.3 Å². The number of fused-ring (bicyclic) bond motifs is 1. The van der Waals surface area contributed by atoms with Crippen LogP contribution in [0.3, 0.4) is 0 Å². The Labute approximate surface area is 183 Å². The molecule has 0 saturated heterocycles. The Balaban J connectivity index is 1.84. The van der Waals surface area contributed by atoms with Crippen molar-refractivity contribution in [1.82, 2.24) is 0 Å². The monoisotopic (exact) mass is 413 g/mol. The zero-order chi connectivity index (χ0) is 22.0. The molecule has 0 radical (unpaired) electrons. The fraction of sp³-hybridized carbons (Fsp3) is 0.222. The molecule has 0 bridgehead atoms. The fourth-order valence-electron chi connectivity index (χ4n) is 4.59. The van der Waals surface area contributed by atoms with E-state index in [0.29, 0.717) is 5.75 Å². The molecule has 158 valence electrons. The number of aryl methyl sites for hydroxylation is 1. The van der Waals surface area contributed by atoms with E-state index in [0.717, 1.165) is 35.6 Å². The normalized spacial score (nSPS) is 18.2. The number of hydrogen-bond donors (Lipinski definition) is 2. The molecule has 0 aromatic heterocycles. The minimum absolute atomic E-state index is 0.00422. The van der Waals surface area contributed by atoms with Crippen molar-refractivity contribution in [2.75, 3.05) is 4.90 Å². The lowest BCUT2D eigenvalue weighted by Crippen LogP contribution is -2.43. The molecule has 1 aliphatic heterocycles. The average molecular weight is 414 g/mol. The summed E-state index contributed by atoms with van der Waals surface area (Å²) in [7, 11) is 0. The van der Waals surface area contributed by atoms with Crippen molar-refractivity contribution in [3.05, 3.63) is 101 Å². The molecule has 3 aromatic carbocycles. The predicted octanol–water partition coefficient (Wildman–Crippen LogP) is 5.59. The molecule has 4 heteroatoms. The Morgan fingerprint density at radius 2 is 1.84 bits per heavy atom. The zero-order valence-electron chi connectivity index (χ0n) is 17.8. The molecule has 4 nitrogen and oxygen atoms in total. The third kappa shape index (κ3) is 4.19. The van der Waals surface area contributed by atoms with Gasteiger partial charge in [-0.05, 0) is 71.9 Å². The van der Waals surface area contributed by atoms with Crippen LogP contribution in [0.25, 0.3) is 6.08 Å². The lowest BCUT2D eigenvalue weighted by molar-refractivity contribution is -0.131. The topological polar surface area (TPSA) is 60.8 Å². The van der Waals surface area contributed by atoms with E-state index in [4.69, 9.17) is 5.11 Å². The fourth-order valence-corrected chi connectivity index (χ4v) is 4.59. The molecule has 0 fully saturated rings. The highest BCUT2D eigenvalue weighted by molar-refractivity contribution is 5.85. The number of anilines is 1. The van der Waals surface area contributed by atoms with Crippen LogP contribution in [0.1, 0.15) is 47.7 Å². The molecule has 0 saturated carbocycles. The van der Waals surface area contributed by atoms with Crippen LogP contribution in [0.15, 0.2) is 72.8 Å². The van der Waals surface area contributed by atoms with E-state index < -0.39 is 5.97 Å². The Hall–Kier alpha value is -3.53. The van der Waals surface area contributed by atoms with Gasteiger partial charge in [-0.2, -0.15) is 0 Å². The highest BCUT2D eigenvalue weighted by Crippen LogP contribution is 2.43. The minimum Gasteiger partial charge on any atom is -0.508 e. The van der Waals surface area contributed by atoms with Crippen LogP contribution in [0, 0.1) is 0 Å². The molecular formula is C27H27NO3. The summed E-state index contributed by atoms with van der Waals surface area (Å²) in [5.41, 5.74) is 6.88. The molecule has 2 N–H and O–H groups in total. The van der Waals surface area contributed by atoms with Crippen molar-refractivity contribution >= 4 is 17.7 Å². The molecular weight excluding hydrogens is 386 g/mol. The van der Waals surface area contributed by atoms with Crippen LogP contribution in [0.5, 0.6) is 5.75 Å². The number of aromatic hydroxyl groups is 1. The van der Waals surface area contributed by atoms with Gasteiger partial charge in [0.15, 0.2) is 0 Å². The second kappa shape index (κ2) is 8.68. The van der Waals surface area contributed by atoms with Crippen molar-refractivity contribution in [2.24, 2.45) is 0 Å². The van der Waals surface area contributed by atoms with Gasteiger partial charge in [0.2, 0.25) is 0 Å². The van der Waals surface area contributed by atoms with Crippen LogP contribution in [-0.4, -0.2) is 22.2 Å². The Morgan fingerprint density at radius 1 is 1.10 bits per heavy atom. The van der Waals surface area contributed by atoms with Crippen molar-refractivity contribution in [3.8, 4) is 5.75 Å². The zero-order valence-corrected chi connectivity index (χ0v) is 17.8. The van der Waals surface area contributed by atoms with Crippen molar-refractivity contribution in [1.29, 1.82) is 0 Å². The summed E-state index contributed by atoms with van der Waals surface area (Å²) in [5.74, 6) is -0.664. The van der Waals surface area contributed by atoms with Crippen molar-refractivity contribution in [3.63, 3.8) is 0 Å². The Kier molecular flexibility index (Phi) is 5.81. The molecule has 3 aromatic rings. The molecule has 0 spiro atoms. The first-order valence-corrected chi connectivity index (χ1v) is 10.7. The van der Waals surface area contributed by atoms with E-state index >= 15 is 0 Å². The SMILES string of the molecule is CCc1ccccc1N1[C@H](c2ccc(/C=C/C(=O)O)cc2)c2ccc(O)cc2C[C@@H]1C. The number of phenols is 1. The first-order valence-electron chi connectivity index (χ1n) is 10.7. The number of aliphatic carboxylic acids is 1. The maximum Gasteiger partial charge on any atom is 0.328 e. The van der Waals surface area contributed by atoms with Crippen LogP contribution >= 0.6 is 0 Å². The van der Waals surface area contributed by atoms with Crippen LogP contribution in [0.4, 0.5) is 5.69 Å². The van der Waals surface area contributed by atoms with Gasteiger partial charge in [-0.1, -0.05) is 55.5 Å². The van der Waals surface area contributed by atoms with Crippen molar-refractivity contribution in [2.45, 2.75) is 38.8 Å². The number of carbonyl (C=O) groups is 1. The molecule has 31 heavy (non-hydrogen) atoms. The van der Waals surface area contributed by atoms with Crippen LogP contribution in [-0.2, 0) is 17.6 Å². The van der Waals surface area contributed by atoms with Gasteiger partial charge in [0, 0.05) is 17.8 Å². The summed E-state index contributed by atoms with van der Waals surface area (Å²) >= 11 is 0. The quantitative estimate of drug-likeness (QED) is 0.535. The first-order chi connectivity index (χ1) is 15.0. The summed E-state index contributed by atoms with van der Waals surface area (Å²) < 4.78 is 0. The third-order valence-corrected chi connectivity index (χ3v) is 6.01. The Bertz CT molecular complexity index is 1120. The predicted molar refractivity (Wildman–Crippen MR) is 125 cm³/mol. The molecule has 0 aliphatic carbocycles. The second-order valence-electron chi connectivity index (χ2n) is 8.07. The molecule has 0 amide bonds. The van der Waals surface area contributed by atoms with Gasteiger partial charge in [0.25, 0.3) is 0 Å². The molecule has 2 atom stereocenters. The van der Waals surface area contributed by atoms with E-state index in [-0.39, 0.29) is 12.1 Å². The molecule has 1 heterocycles. The van der Waals surface area contributed by atoms with Gasteiger partial charge in [-0.25, -0.2) is 4.79 Å². The number of hydrogen-bond acceptors (Lipinski definition) is 3. The lowest BCUT2D eigenvalue weighted by atomic mass is 9.84. The maximum absolute atomic E-state index is 10.8. The number of nitrogens with zero attached hydrogens (tertiary/aromatic N) is 1. The van der Waals surface area contributed by atoms with Gasteiger partial charge in [0.05, 0.1) is 6.04 Å². The van der Waals surface area contributed by atoms with Crippen molar-refractivity contribution < 1.29 is 15.0 Å². The van der Waals surface area contributed by atoms with Crippen LogP contribution in [0.2, 0.25) is 0 Å². The lowest BCUT2D eigenvalue weighted by Gasteiger charge is -2.45. The van der Waals surface area contributed by atoms with Gasteiger partial charge in [-0.3, -0.25) is 0 Å². The molecule has 4 rings (SSSR count). The highest BCUT2D eigenvalue weighted by atomic mass is 16.4. The summed E-state index contributed by atoms with van der Waals surface area (Å²) in [6, 6.07) is 22.5. The number of carboxylic acids is 1. The van der Waals surface area contributed by atoms with Gasteiger partial charge < -0.3 is 15.1 Å². The number of rotatable bonds is 5. The third-order valence-electron chi connectivity index (χ3n) is 6.01. The Morgan fingerprint density at radius 3 is 2.55 bits per heavy atom. The second-order valence-corrected chi connectivity index (χ2v) is 8.07. The highest BCUT2D eigenvalue weighted by Gasteiger charge is 2.34. The van der Waals surface area contributed by atoms with E-state index in [1.165, 1.54) is 16.8 Å². The van der Waals surface area contributed by atoms with E-state index in [2.05, 4.69) is 55.1 Å². The average Bonchev–Trinajstić information content (AvgIpc) is 2.77.